The Morgan fingerprint density at radius 3 is 2.43 bits per heavy atom. The monoisotopic (exact) mass is 374 g/mol. The first kappa shape index (κ1) is 19.6. The number of rotatable bonds is 7. The highest BCUT2D eigenvalue weighted by Gasteiger charge is 2.18. The summed E-state index contributed by atoms with van der Waals surface area (Å²) in [5.41, 5.74) is 2.77. The van der Waals surface area contributed by atoms with Gasteiger partial charge < -0.3 is 10.2 Å². The predicted molar refractivity (Wildman–Crippen MR) is 114 cm³/mol. The van der Waals surface area contributed by atoms with Crippen molar-refractivity contribution in [1.29, 1.82) is 0 Å². The quantitative estimate of drug-likeness (QED) is 0.659. The summed E-state index contributed by atoms with van der Waals surface area (Å²) in [7, 11) is 0. The van der Waals surface area contributed by atoms with Crippen LogP contribution in [0.3, 0.4) is 0 Å². The van der Waals surface area contributed by atoms with Gasteiger partial charge in [-0.3, -0.25) is 9.59 Å². The van der Waals surface area contributed by atoms with E-state index in [9.17, 15) is 9.59 Å². The lowest BCUT2D eigenvalue weighted by molar-refractivity contribution is -0.134. The zero-order chi connectivity index (χ0) is 19.9. The second kappa shape index (κ2) is 9.18. The standard InChI is InChI=1S/C24H26N2O2/c1-3-15-26(17-23(27)25-22-14-7-4-9-18(22)2)24(28)16-20-12-8-11-19-10-5-6-13-21(19)20/h4-14H,3,15-17H2,1-2H3,(H,25,27). The Bertz CT molecular complexity index is 976. The predicted octanol–water partition coefficient (Wildman–Crippen LogP) is 4.57. The number of anilines is 1. The van der Waals surface area contributed by atoms with Gasteiger partial charge in [0.25, 0.3) is 0 Å². The maximum atomic E-state index is 12.9. The van der Waals surface area contributed by atoms with E-state index in [2.05, 4.69) is 5.32 Å². The van der Waals surface area contributed by atoms with Crippen molar-refractivity contribution < 1.29 is 9.59 Å². The van der Waals surface area contributed by atoms with Gasteiger partial charge >= 0.3 is 0 Å². The van der Waals surface area contributed by atoms with E-state index in [1.54, 1.807) is 4.90 Å². The molecule has 1 N–H and O–H groups in total. The molecule has 4 nitrogen and oxygen atoms in total. The molecule has 0 aromatic heterocycles. The first-order valence-corrected chi connectivity index (χ1v) is 9.68. The van der Waals surface area contributed by atoms with Crippen molar-refractivity contribution >= 4 is 28.3 Å². The van der Waals surface area contributed by atoms with Crippen LogP contribution in [0, 0.1) is 6.92 Å². The Morgan fingerprint density at radius 2 is 1.64 bits per heavy atom. The molecule has 0 atom stereocenters. The summed E-state index contributed by atoms with van der Waals surface area (Å²) >= 11 is 0. The fraction of sp³-hybridized carbons (Fsp3) is 0.250. The number of amides is 2. The zero-order valence-corrected chi connectivity index (χ0v) is 16.4. The highest BCUT2D eigenvalue weighted by Crippen LogP contribution is 2.20. The highest BCUT2D eigenvalue weighted by atomic mass is 16.2. The first-order valence-electron chi connectivity index (χ1n) is 9.68. The Labute approximate surface area is 166 Å². The van der Waals surface area contributed by atoms with Gasteiger partial charge in [0.15, 0.2) is 0 Å². The molecule has 0 heterocycles. The van der Waals surface area contributed by atoms with Crippen LogP contribution in [0.25, 0.3) is 10.8 Å². The fourth-order valence-electron chi connectivity index (χ4n) is 3.36. The summed E-state index contributed by atoms with van der Waals surface area (Å²) in [6.07, 6.45) is 1.10. The van der Waals surface area contributed by atoms with Crippen LogP contribution in [0.4, 0.5) is 5.69 Å². The van der Waals surface area contributed by atoms with Gasteiger partial charge in [-0.2, -0.15) is 0 Å². The lowest BCUT2D eigenvalue weighted by Crippen LogP contribution is -2.39. The smallest absolute Gasteiger partial charge is 0.244 e. The Balaban J connectivity index is 1.71. The normalized spacial score (nSPS) is 10.6. The molecule has 3 rings (SSSR count). The van der Waals surface area contributed by atoms with Crippen molar-refractivity contribution in [3.05, 3.63) is 77.9 Å². The van der Waals surface area contributed by atoms with E-state index in [0.29, 0.717) is 13.0 Å². The van der Waals surface area contributed by atoms with Gasteiger partial charge in [-0.25, -0.2) is 0 Å². The SMILES string of the molecule is CCCN(CC(=O)Nc1ccccc1C)C(=O)Cc1cccc2ccccc12. The number of nitrogens with zero attached hydrogens (tertiary/aromatic N) is 1. The molecule has 144 valence electrons. The summed E-state index contributed by atoms with van der Waals surface area (Å²) in [5, 5.41) is 5.11. The molecule has 0 aliphatic heterocycles. The van der Waals surface area contributed by atoms with E-state index >= 15 is 0 Å². The van der Waals surface area contributed by atoms with Crippen molar-refractivity contribution in [3.63, 3.8) is 0 Å². The van der Waals surface area contributed by atoms with Crippen LogP contribution in [0.5, 0.6) is 0 Å². The van der Waals surface area contributed by atoms with Crippen LogP contribution < -0.4 is 5.32 Å². The largest absolute Gasteiger partial charge is 0.333 e. The minimum Gasteiger partial charge on any atom is -0.333 e. The minimum atomic E-state index is -0.172. The number of benzene rings is 3. The molecule has 3 aromatic carbocycles. The molecule has 3 aromatic rings. The van der Waals surface area contributed by atoms with E-state index in [1.165, 1.54) is 0 Å². The molecule has 28 heavy (non-hydrogen) atoms. The molecular weight excluding hydrogens is 348 g/mol. The highest BCUT2D eigenvalue weighted by molar-refractivity contribution is 5.96. The van der Waals surface area contributed by atoms with E-state index < -0.39 is 0 Å². The minimum absolute atomic E-state index is 0.0295. The number of carbonyl (C=O) groups is 2. The van der Waals surface area contributed by atoms with Gasteiger partial charge in [0.05, 0.1) is 13.0 Å². The third kappa shape index (κ3) is 4.77. The van der Waals surface area contributed by atoms with Gasteiger partial charge in [0.1, 0.15) is 0 Å². The Kier molecular flexibility index (Phi) is 6.43. The fourth-order valence-corrected chi connectivity index (χ4v) is 3.36. The Hall–Kier alpha value is -3.14. The molecule has 0 saturated carbocycles. The summed E-state index contributed by atoms with van der Waals surface area (Å²) < 4.78 is 0. The second-order valence-corrected chi connectivity index (χ2v) is 6.99. The molecule has 0 bridgehead atoms. The summed E-state index contributed by atoms with van der Waals surface area (Å²) in [4.78, 5) is 27.1. The molecule has 0 spiro atoms. The van der Waals surface area contributed by atoms with Crippen molar-refractivity contribution in [2.45, 2.75) is 26.7 Å². The third-order valence-electron chi connectivity index (χ3n) is 4.82. The molecule has 0 unspecified atom stereocenters. The van der Waals surface area contributed by atoms with Gasteiger partial charge in [-0.05, 0) is 41.3 Å². The van der Waals surface area contributed by atoms with Crippen LogP contribution in [0.2, 0.25) is 0 Å². The van der Waals surface area contributed by atoms with Crippen molar-refractivity contribution in [2.75, 3.05) is 18.4 Å². The van der Waals surface area contributed by atoms with Gasteiger partial charge in [-0.1, -0.05) is 67.6 Å². The third-order valence-corrected chi connectivity index (χ3v) is 4.82. The van der Waals surface area contributed by atoms with E-state index in [4.69, 9.17) is 0 Å². The number of hydrogen-bond donors (Lipinski definition) is 1. The molecule has 0 aliphatic carbocycles. The molecule has 2 amide bonds. The maximum absolute atomic E-state index is 12.9. The molecule has 0 fully saturated rings. The molecule has 0 radical (unpaired) electrons. The van der Waals surface area contributed by atoms with Crippen LogP contribution in [0.1, 0.15) is 24.5 Å². The number of hydrogen-bond acceptors (Lipinski definition) is 2. The molecule has 4 heteroatoms. The number of aryl methyl sites for hydroxylation is 1. The lowest BCUT2D eigenvalue weighted by atomic mass is 10.0. The number of nitrogens with one attached hydrogen (secondary N) is 1. The number of carbonyl (C=O) groups excluding carboxylic acids is 2. The van der Waals surface area contributed by atoms with Gasteiger partial charge in [-0.15, -0.1) is 0 Å². The summed E-state index contributed by atoms with van der Waals surface area (Å²) in [5.74, 6) is -0.202. The van der Waals surface area contributed by atoms with Crippen molar-refractivity contribution in [2.24, 2.45) is 0 Å². The van der Waals surface area contributed by atoms with Crippen LogP contribution >= 0.6 is 0 Å². The van der Waals surface area contributed by atoms with E-state index in [-0.39, 0.29) is 18.4 Å². The van der Waals surface area contributed by atoms with Gasteiger partial charge in [0.2, 0.25) is 11.8 Å². The average molecular weight is 374 g/mol. The van der Waals surface area contributed by atoms with Crippen LogP contribution in [-0.4, -0.2) is 29.8 Å². The van der Waals surface area contributed by atoms with Crippen LogP contribution in [0.15, 0.2) is 66.7 Å². The van der Waals surface area contributed by atoms with E-state index in [0.717, 1.165) is 34.0 Å². The zero-order valence-electron chi connectivity index (χ0n) is 16.4. The van der Waals surface area contributed by atoms with Crippen molar-refractivity contribution in [1.82, 2.24) is 4.90 Å². The molecular formula is C24H26N2O2. The van der Waals surface area contributed by atoms with Crippen molar-refractivity contribution in [3.8, 4) is 0 Å². The first-order chi connectivity index (χ1) is 13.6. The topological polar surface area (TPSA) is 49.4 Å². The lowest BCUT2D eigenvalue weighted by Gasteiger charge is -2.22. The molecule has 0 aliphatic rings. The molecule has 0 saturated heterocycles. The number of fused-ring (bicyclic) bond motifs is 1. The average Bonchev–Trinajstić information content (AvgIpc) is 2.69. The Morgan fingerprint density at radius 1 is 0.929 bits per heavy atom. The maximum Gasteiger partial charge on any atom is 0.244 e. The summed E-state index contributed by atoms with van der Waals surface area (Å²) in [6.45, 7) is 4.58. The van der Waals surface area contributed by atoms with Gasteiger partial charge in [0, 0.05) is 12.2 Å². The second-order valence-electron chi connectivity index (χ2n) is 6.99. The van der Waals surface area contributed by atoms with E-state index in [1.807, 2.05) is 80.6 Å². The van der Waals surface area contributed by atoms with Crippen LogP contribution in [-0.2, 0) is 16.0 Å². The summed E-state index contributed by atoms with van der Waals surface area (Å²) in [6, 6.07) is 21.7. The number of para-hydroxylation sites is 1.